The number of likely N-dealkylation sites (tertiary alicyclic amines) is 1. The Balaban J connectivity index is 2.00. The molecule has 2 N–H and O–H groups in total. The molecule has 4 heteroatoms. The van der Waals surface area contributed by atoms with E-state index in [2.05, 4.69) is 41.5 Å². The Labute approximate surface area is 104 Å². The van der Waals surface area contributed by atoms with Gasteiger partial charge in [0.1, 0.15) is 0 Å². The molecule has 0 saturated carbocycles. The highest BCUT2D eigenvalue weighted by Gasteiger charge is 2.32. The lowest BCUT2D eigenvalue weighted by Gasteiger charge is -2.23. The van der Waals surface area contributed by atoms with Crippen molar-refractivity contribution >= 4 is 0 Å². The second kappa shape index (κ2) is 4.78. The Morgan fingerprint density at radius 3 is 2.88 bits per heavy atom. The number of hydrogen-bond donors (Lipinski definition) is 1. The fourth-order valence-corrected chi connectivity index (χ4v) is 2.59. The third-order valence-electron chi connectivity index (χ3n) is 3.76. The molecule has 1 saturated heterocycles. The van der Waals surface area contributed by atoms with Gasteiger partial charge in [-0.15, -0.1) is 0 Å². The SMILES string of the molecule is CC(C)n1nccc1CN1CCC(C)(CN)C1. The topological polar surface area (TPSA) is 47.1 Å². The summed E-state index contributed by atoms with van der Waals surface area (Å²) < 4.78 is 2.11. The molecule has 0 spiro atoms. The third kappa shape index (κ3) is 2.69. The first-order chi connectivity index (χ1) is 8.04. The van der Waals surface area contributed by atoms with E-state index in [1.807, 2.05) is 6.20 Å². The van der Waals surface area contributed by atoms with Gasteiger partial charge in [0.15, 0.2) is 0 Å². The first-order valence-corrected chi connectivity index (χ1v) is 6.49. The molecule has 1 aromatic heterocycles. The van der Waals surface area contributed by atoms with E-state index in [0.717, 1.165) is 26.2 Å². The largest absolute Gasteiger partial charge is 0.330 e. The second-order valence-electron chi connectivity index (χ2n) is 5.84. The van der Waals surface area contributed by atoms with E-state index in [9.17, 15) is 0 Å². The summed E-state index contributed by atoms with van der Waals surface area (Å²) in [6.45, 7) is 10.7. The summed E-state index contributed by atoms with van der Waals surface area (Å²) in [7, 11) is 0. The highest BCUT2D eigenvalue weighted by molar-refractivity contribution is 5.03. The molecule has 2 heterocycles. The number of aromatic nitrogens is 2. The Hall–Kier alpha value is -0.870. The lowest BCUT2D eigenvalue weighted by atomic mass is 9.90. The maximum Gasteiger partial charge on any atom is 0.0527 e. The van der Waals surface area contributed by atoms with Crippen LogP contribution in [-0.4, -0.2) is 34.3 Å². The lowest BCUT2D eigenvalue weighted by Crippen LogP contribution is -2.31. The van der Waals surface area contributed by atoms with E-state index in [1.54, 1.807) is 0 Å². The molecule has 0 aromatic carbocycles. The van der Waals surface area contributed by atoms with Crippen LogP contribution in [0.4, 0.5) is 0 Å². The predicted molar refractivity (Wildman–Crippen MR) is 69.7 cm³/mol. The standard InChI is InChI=1S/C13H24N4/c1-11(2)17-12(4-6-15-17)8-16-7-5-13(3,9-14)10-16/h4,6,11H,5,7-10,14H2,1-3H3. The third-order valence-corrected chi connectivity index (χ3v) is 3.76. The van der Waals surface area contributed by atoms with E-state index in [1.165, 1.54) is 12.1 Å². The molecule has 17 heavy (non-hydrogen) atoms. The molecule has 1 unspecified atom stereocenters. The summed E-state index contributed by atoms with van der Waals surface area (Å²) in [5.41, 5.74) is 7.45. The fraction of sp³-hybridized carbons (Fsp3) is 0.769. The van der Waals surface area contributed by atoms with E-state index in [0.29, 0.717) is 11.5 Å². The minimum Gasteiger partial charge on any atom is -0.330 e. The Bertz CT molecular complexity index is 371. The van der Waals surface area contributed by atoms with Crippen molar-refractivity contribution in [3.63, 3.8) is 0 Å². The quantitative estimate of drug-likeness (QED) is 0.864. The van der Waals surface area contributed by atoms with Crippen LogP contribution in [0.3, 0.4) is 0 Å². The highest BCUT2D eigenvalue weighted by Crippen LogP contribution is 2.29. The molecular formula is C13H24N4. The molecular weight excluding hydrogens is 212 g/mol. The fourth-order valence-electron chi connectivity index (χ4n) is 2.59. The molecule has 1 aromatic rings. The molecule has 96 valence electrons. The van der Waals surface area contributed by atoms with Crippen LogP contribution in [0.2, 0.25) is 0 Å². The van der Waals surface area contributed by atoms with Crippen molar-refractivity contribution in [2.24, 2.45) is 11.1 Å². The zero-order chi connectivity index (χ0) is 12.5. The molecule has 0 radical (unpaired) electrons. The van der Waals surface area contributed by atoms with Gasteiger partial charge in [-0.2, -0.15) is 5.10 Å². The summed E-state index contributed by atoms with van der Waals surface area (Å²) >= 11 is 0. The molecule has 0 aliphatic carbocycles. The van der Waals surface area contributed by atoms with Crippen molar-refractivity contribution < 1.29 is 0 Å². The Morgan fingerprint density at radius 2 is 2.29 bits per heavy atom. The summed E-state index contributed by atoms with van der Waals surface area (Å²) in [6, 6.07) is 2.56. The van der Waals surface area contributed by atoms with Gasteiger partial charge in [0.25, 0.3) is 0 Å². The maximum atomic E-state index is 5.84. The van der Waals surface area contributed by atoms with Crippen molar-refractivity contribution in [2.45, 2.75) is 39.8 Å². The minimum absolute atomic E-state index is 0.308. The monoisotopic (exact) mass is 236 g/mol. The van der Waals surface area contributed by atoms with Gasteiger partial charge < -0.3 is 5.73 Å². The normalized spacial score (nSPS) is 25.9. The summed E-state index contributed by atoms with van der Waals surface area (Å²) in [5.74, 6) is 0. The highest BCUT2D eigenvalue weighted by atomic mass is 15.3. The van der Waals surface area contributed by atoms with Gasteiger partial charge >= 0.3 is 0 Å². The number of nitrogens with two attached hydrogens (primary N) is 1. The molecule has 1 fully saturated rings. The number of hydrogen-bond acceptors (Lipinski definition) is 3. The first-order valence-electron chi connectivity index (χ1n) is 6.49. The smallest absolute Gasteiger partial charge is 0.0527 e. The van der Waals surface area contributed by atoms with Gasteiger partial charge in [-0.3, -0.25) is 9.58 Å². The van der Waals surface area contributed by atoms with Gasteiger partial charge in [-0.25, -0.2) is 0 Å². The second-order valence-corrected chi connectivity index (χ2v) is 5.84. The molecule has 1 atom stereocenters. The van der Waals surface area contributed by atoms with Gasteiger partial charge in [0, 0.05) is 25.3 Å². The average Bonchev–Trinajstić information content (AvgIpc) is 2.87. The predicted octanol–water partition coefficient (Wildman–Crippen LogP) is 1.63. The van der Waals surface area contributed by atoms with Crippen molar-refractivity contribution in [3.05, 3.63) is 18.0 Å². The number of nitrogens with zero attached hydrogens (tertiary/aromatic N) is 3. The van der Waals surface area contributed by atoms with Crippen molar-refractivity contribution in [3.8, 4) is 0 Å². The molecule has 1 aliphatic heterocycles. The van der Waals surface area contributed by atoms with E-state index in [-0.39, 0.29) is 0 Å². The summed E-state index contributed by atoms with van der Waals surface area (Å²) in [6.07, 6.45) is 3.10. The van der Waals surface area contributed by atoms with Gasteiger partial charge in [0.05, 0.1) is 5.69 Å². The van der Waals surface area contributed by atoms with Crippen molar-refractivity contribution in [1.29, 1.82) is 0 Å². The first kappa shape index (κ1) is 12.6. The van der Waals surface area contributed by atoms with E-state index in [4.69, 9.17) is 5.73 Å². The molecule has 0 bridgehead atoms. The van der Waals surface area contributed by atoms with Gasteiger partial charge in [-0.05, 0) is 44.8 Å². The van der Waals surface area contributed by atoms with Crippen molar-refractivity contribution in [1.82, 2.24) is 14.7 Å². The van der Waals surface area contributed by atoms with E-state index < -0.39 is 0 Å². The molecule has 2 rings (SSSR count). The lowest BCUT2D eigenvalue weighted by molar-refractivity contribution is 0.265. The summed E-state index contributed by atoms with van der Waals surface area (Å²) in [5, 5.41) is 4.38. The minimum atomic E-state index is 0.308. The zero-order valence-electron chi connectivity index (χ0n) is 11.2. The van der Waals surface area contributed by atoms with Crippen LogP contribution in [0.5, 0.6) is 0 Å². The van der Waals surface area contributed by atoms with Crippen LogP contribution in [0.1, 0.15) is 38.9 Å². The Kier molecular flexibility index (Phi) is 3.54. The molecule has 0 amide bonds. The van der Waals surface area contributed by atoms with Crippen molar-refractivity contribution in [2.75, 3.05) is 19.6 Å². The van der Waals surface area contributed by atoms with Crippen LogP contribution >= 0.6 is 0 Å². The van der Waals surface area contributed by atoms with Crippen LogP contribution in [0.25, 0.3) is 0 Å². The van der Waals surface area contributed by atoms with Gasteiger partial charge in [-0.1, -0.05) is 6.92 Å². The number of rotatable bonds is 4. The van der Waals surface area contributed by atoms with Crippen LogP contribution in [0, 0.1) is 5.41 Å². The van der Waals surface area contributed by atoms with Gasteiger partial charge in [0.2, 0.25) is 0 Å². The van der Waals surface area contributed by atoms with Crippen LogP contribution < -0.4 is 5.73 Å². The van der Waals surface area contributed by atoms with Crippen LogP contribution in [0.15, 0.2) is 12.3 Å². The molecule has 1 aliphatic rings. The maximum absolute atomic E-state index is 5.84. The molecule has 4 nitrogen and oxygen atoms in total. The van der Waals surface area contributed by atoms with Crippen LogP contribution in [-0.2, 0) is 6.54 Å². The Morgan fingerprint density at radius 1 is 1.53 bits per heavy atom. The summed E-state index contributed by atoms with van der Waals surface area (Å²) in [4.78, 5) is 2.49. The zero-order valence-corrected chi connectivity index (χ0v) is 11.2. The average molecular weight is 236 g/mol. The van der Waals surface area contributed by atoms with E-state index >= 15 is 0 Å².